The number of amides is 1. The molecule has 19 heavy (non-hydrogen) atoms. The third-order valence-corrected chi connectivity index (χ3v) is 5.02. The number of nitrogens with one attached hydrogen (secondary N) is 1. The van der Waals surface area contributed by atoms with Crippen molar-refractivity contribution in [1.29, 1.82) is 0 Å². The number of primary amides is 1. The van der Waals surface area contributed by atoms with Gasteiger partial charge in [0.05, 0.1) is 27.8 Å². The number of carbonyl (C=O) groups excluding carboxylic acids is 1. The molecular formula is C11H14ClN3O3S. The van der Waals surface area contributed by atoms with Crippen LogP contribution in [0.3, 0.4) is 0 Å². The quantitative estimate of drug-likeness (QED) is 0.708. The number of anilines is 2. The van der Waals surface area contributed by atoms with Crippen LogP contribution in [0.5, 0.6) is 0 Å². The molecule has 1 heterocycles. The first-order valence-corrected chi connectivity index (χ1v) is 7.84. The summed E-state index contributed by atoms with van der Waals surface area (Å²) in [7, 11) is -3.02. The molecule has 6 nitrogen and oxygen atoms in total. The number of sulfone groups is 1. The summed E-state index contributed by atoms with van der Waals surface area (Å²) < 4.78 is 22.8. The summed E-state index contributed by atoms with van der Waals surface area (Å²) >= 11 is 6.03. The van der Waals surface area contributed by atoms with Gasteiger partial charge in [-0.1, -0.05) is 11.6 Å². The van der Waals surface area contributed by atoms with E-state index in [-0.39, 0.29) is 28.1 Å². The van der Waals surface area contributed by atoms with Crippen LogP contribution >= 0.6 is 11.6 Å². The van der Waals surface area contributed by atoms with Gasteiger partial charge in [0, 0.05) is 11.7 Å². The Labute approximate surface area is 116 Å². The minimum Gasteiger partial charge on any atom is -0.399 e. The average Bonchev–Trinajstić information content (AvgIpc) is 2.61. The van der Waals surface area contributed by atoms with Gasteiger partial charge in [0.1, 0.15) is 0 Å². The smallest absolute Gasteiger partial charge is 0.250 e. The topological polar surface area (TPSA) is 115 Å². The summed E-state index contributed by atoms with van der Waals surface area (Å²) in [5, 5.41) is 3.22. The highest BCUT2D eigenvalue weighted by atomic mass is 35.5. The van der Waals surface area contributed by atoms with Gasteiger partial charge in [-0.2, -0.15) is 0 Å². The highest BCUT2D eigenvalue weighted by Gasteiger charge is 2.29. The summed E-state index contributed by atoms with van der Waals surface area (Å²) in [6, 6.07) is 2.63. The molecule has 1 aliphatic rings. The largest absolute Gasteiger partial charge is 0.399 e. The van der Waals surface area contributed by atoms with E-state index in [1.54, 1.807) is 0 Å². The van der Waals surface area contributed by atoms with Gasteiger partial charge in [-0.15, -0.1) is 0 Å². The molecule has 0 spiro atoms. The lowest BCUT2D eigenvalue weighted by molar-refractivity contribution is 0.100. The van der Waals surface area contributed by atoms with Crippen LogP contribution in [0.25, 0.3) is 0 Å². The van der Waals surface area contributed by atoms with Crippen LogP contribution in [-0.4, -0.2) is 31.9 Å². The van der Waals surface area contributed by atoms with Crippen LogP contribution in [0.2, 0.25) is 5.02 Å². The fourth-order valence-corrected chi connectivity index (χ4v) is 4.04. The Morgan fingerprint density at radius 2 is 2.11 bits per heavy atom. The number of halogens is 1. The third-order valence-electron chi connectivity index (χ3n) is 2.96. The number of hydrogen-bond donors (Lipinski definition) is 3. The van der Waals surface area contributed by atoms with Crippen LogP contribution in [0.15, 0.2) is 12.1 Å². The molecule has 1 aromatic rings. The molecule has 1 atom stereocenters. The number of nitrogens with two attached hydrogens (primary N) is 2. The van der Waals surface area contributed by atoms with Crippen LogP contribution < -0.4 is 16.8 Å². The van der Waals surface area contributed by atoms with Gasteiger partial charge >= 0.3 is 0 Å². The van der Waals surface area contributed by atoms with Crippen molar-refractivity contribution in [3.63, 3.8) is 0 Å². The monoisotopic (exact) mass is 303 g/mol. The zero-order valence-corrected chi connectivity index (χ0v) is 11.6. The second-order valence-electron chi connectivity index (χ2n) is 4.53. The molecule has 1 fully saturated rings. The van der Waals surface area contributed by atoms with E-state index in [1.807, 2.05) is 0 Å². The van der Waals surface area contributed by atoms with E-state index in [4.69, 9.17) is 23.1 Å². The number of nitrogen functional groups attached to an aromatic ring is 1. The van der Waals surface area contributed by atoms with Crippen molar-refractivity contribution in [3.05, 3.63) is 22.7 Å². The molecule has 1 saturated heterocycles. The second-order valence-corrected chi connectivity index (χ2v) is 7.17. The Hall–Kier alpha value is -1.47. The Kier molecular flexibility index (Phi) is 3.60. The maximum absolute atomic E-state index is 11.4. The van der Waals surface area contributed by atoms with Gasteiger partial charge in [-0.3, -0.25) is 4.79 Å². The van der Waals surface area contributed by atoms with Crippen molar-refractivity contribution in [2.75, 3.05) is 22.6 Å². The minimum atomic E-state index is -3.02. The number of hydrogen-bond acceptors (Lipinski definition) is 5. The Bertz CT molecular complexity index is 630. The molecule has 0 aromatic heterocycles. The normalized spacial score (nSPS) is 21.2. The predicted molar refractivity (Wildman–Crippen MR) is 75.1 cm³/mol. The van der Waals surface area contributed by atoms with E-state index >= 15 is 0 Å². The Morgan fingerprint density at radius 1 is 1.42 bits per heavy atom. The maximum atomic E-state index is 11.4. The molecule has 0 bridgehead atoms. The van der Waals surface area contributed by atoms with Crippen LogP contribution in [0.4, 0.5) is 11.4 Å². The van der Waals surface area contributed by atoms with Gasteiger partial charge in [-0.05, 0) is 18.6 Å². The van der Waals surface area contributed by atoms with Crippen molar-refractivity contribution >= 4 is 38.7 Å². The SMILES string of the molecule is NC(=O)c1cc(N)cc(Cl)c1NC1CCS(=O)(=O)C1. The van der Waals surface area contributed by atoms with Gasteiger partial charge in [-0.25, -0.2) is 8.42 Å². The minimum absolute atomic E-state index is 0.0197. The molecule has 1 amide bonds. The molecule has 8 heteroatoms. The lowest BCUT2D eigenvalue weighted by Gasteiger charge is -2.17. The van der Waals surface area contributed by atoms with Crippen LogP contribution in [0.1, 0.15) is 16.8 Å². The zero-order chi connectivity index (χ0) is 14.2. The molecular weight excluding hydrogens is 290 g/mol. The first kappa shape index (κ1) is 14.0. The highest BCUT2D eigenvalue weighted by molar-refractivity contribution is 7.91. The second kappa shape index (κ2) is 4.90. The molecule has 2 rings (SSSR count). The maximum Gasteiger partial charge on any atom is 0.250 e. The van der Waals surface area contributed by atoms with E-state index < -0.39 is 15.7 Å². The van der Waals surface area contributed by atoms with E-state index in [9.17, 15) is 13.2 Å². The van der Waals surface area contributed by atoms with E-state index in [0.29, 0.717) is 17.8 Å². The molecule has 1 aromatic carbocycles. The Balaban J connectivity index is 2.32. The summed E-state index contributed by atoms with van der Waals surface area (Å²) in [5.74, 6) is -0.521. The molecule has 104 valence electrons. The first-order valence-electron chi connectivity index (χ1n) is 5.64. The van der Waals surface area contributed by atoms with Crippen LogP contribution in [-0.2, 0) is 9.84 Å². The fourth-order valence-electron chi connectivity index (χ4n) is 2.08. The predicted octanol–water partition coefficient (Wildman–Crippen LogP) is 0.620. The van der Waals surface area contributed by atoms with E-state index in [1.165, 1.54) is 12.1 Å². The third kappa shape index (κ3) is 3.10. The summed E-state index contributed by atoms with van der Waals surface area (Å²) in [4.78, 5) is 11.4. The van der Waals surface area contributed by atoms with Crippen molar-refractivity contribution in [2.24, 2.45) is 5.73 Å². The van der Waals surface area contributed by atoms with E-state index in [2.05, 4.69) is 5.32 Å². The van der Waals surface area contributed by atoms with Crippen molar-refractivity contribution in [3.8, 4) is 0 Å². The molecule has 1 aliphatic heterocycles. The summed E-state index contributed by atoms with van der Waals surface area (Å²) in [6.07, 6.45) is 0.473. The van der Waals surface area contributed by atoms with Gasteiger partial charge in [0.15, 0.2) is 9.84 Å². The van der Waals surface area contributed by atoms with Gasteiger partial charge in [0.25, 0.3) is 5.91 Å². The van der Waals surface area contributed by atoms with Crippen LogP contribution in [0, 0.1) is 0 Å². The van der Waals surface area contributed by atoms with E-state index in [0.717, 1.165) is 0 Å². The molecule has 1 unspecified atom stereocenters. The number of carbonyl (C=O) groups is 1. The van der Waals surface area contributed by atoms with Crippen molar-refractivity contribution in [2.45, 2.75) is 12.5 Å². The summed E-state index contributed by atoms with van der Waals surface area (Å²) in [6.45, 7) is 0. The number of rotatable bonds is 3. The highest BCUT2D eigenvalue weighted by Crippen LogP contribution is 2.31. The van der Waals surface area contributed by atoms with Crippen molar-refractivity contribution < 1.29 is 13.2 Å². The standard InChI is InChI=1S/C11H14ClN3O3S/c12-9-4-6(13)3-8(11(14)16)10(9)15-7-1-2-19(17,18)5-7/h3-4,7,15H,1-2,5,13H2,(H2,14,16). The number of benzene rings is 1. The molecule has 0 saturated carbocycles. The molecule has 5 N–H and O–H groups in total. The fraction of sp³-hybridized carbons (Fsp3) is 0.364. The molecule has 0 aliphatic carbocycles. The van der Waals surface area contributed by atoms with Gasteiger partial charge in [0.2, 0.25) is 0 Å². The lowest BCUT2D eigenvalue weighted by atomic mass is 10.1. The molecule has 0 radical (unpaired) electrons. The first-order chi connectivity index (χ1) is 8.78. The zero-order valence-electron chi connectivity index (χ0n) is 10.0. The van der Waals surface area contributed by atoms with Gasteiger partial charge < -0.3 is 16.8 Å². The summed E-state index contributed by atoms with van der Waals surface area (Å²) in [5.41, 5.74) is 11.7. The lowest BCUT2D eigenvalue weighted by Crippen LogP contribution is -2.24. The van der Waals surface area contributed by atoms with Crippen molar-refractivity contribution in [1.82, 2.24) is 0 Å². The Morgan fingerprint density at radius 3 is 2.63 bits per heavy atom. The average molecular weight is 304 g/mol.